The number of benzene rings is 3. The maximum absolute atomic E-state index is 6.48. The maximum Gasteiger partial charge on any atom is 0.194 e. The summed E-state index contributed by atoms with van der Waals surface area (Å²) < 4.78 is 14.9. The first-order chi connectivity index (χ1) is 17.2. The number of hydrogen-bond acceptors (Lipinski definition) is 2. The first-order valence-electron chi connectivity index (χ1n) is 11.5. The van der Waals surface area contributed by atoms with E-state index in [4.69, 9.17) is 9.47 Å². The minimum atomic E-state index is 0.677. The Morgan fingerprint density at radius 2 is 1.66 bits per heavy atom. The molecular weight excluding hydrogens is 432 g/mol. The van der Waals surface area contributed by atoms with Crippen LogP contribution in [0.1, 0.15) is 18.2 Å². The van der Waals surface area contributed by atoms with E-state index in [0.29, 0.717) is 23.0 Å². The highest BCUT2D eigenvalue weighted by atomic mass is 16.6. The van der Waals surface area contributed by atoms with Crippen molar-refractivity contribution in [3.63, 3.8) is 0 Å². The third-order valence-electron chi connectivity index (χ3n) is 6.47. The molecule has 1 N–H and O–H groups in total. The summed E-state index contributed by atoms with van der Waals surface area (Å²) in [5.74, 6) is 2.75. The average molecular weight is 457 g/mol. The molecule has 0 aliphatic carbocycles. The van der Waals surface area contributed by atoms with Crippen molar-refractivity contribution in [2.24, 2.45) is 0 Å². The molecule has 0 saturated carbocycles. The van der Waals surface area contributed by atoms with Crippen molar-refractivity contribution in [1.29, 1.82) is 0 Å². The van der Waals surface area contributed by atoms with Crippen molar-refractivity contribution >= 4 is 50.6 Å². The highest BCUT2D eigenvalue weighted by Crippen LogP contribution is 2.51. The Labute approximate surface area is 203 Å². The van der Waals surface area contributed by atoms with Crippen molar-refractivity contribution in [3.05, 3.63) is 104 Å². The fourth-order valence-corrected chi connectivity index (χ4v) is 4.95. The number of H-pyrrole nitrogens is 1. The van der Waals surface area contributed by atoms with Gasteiger partial charge in [0.1, 0.15) is 5.52 Å². The van der Waals surface area contributed by atoms with Crippen molar-refractivity contribution in [2.45, 2.75) is 6.92 Å². The number of nitrogens with one attached hydrogen (secondary N) is 1. The molecule has 35 heavy (non-hydrogen) atoms. The molecule has 3 heterocycles. The Bertz CT molecular complexity index is 1760. The van der Waals surface area contributed by atoms with Crippen LogP contribution >= 0.6 is 0 Å². The summed E-state index contributed by atoms with van der Waals surface area (Å²) in [6.45, 7) is 14.1. The summed E-state index contributed by atoms with van der Waals surface area (Å²) in [5.41, 5.74) is 5.90. The van der Waals surface area contributed by atoms with Gasteiger partial charge in [-0.1, -0.05) is 56.2 Å². The second-order valence-corrected chi connectivity index (χ2v) is 8.34. The first-order valence-corrected chi connectivity index (χ1v) is 11.5. The van der Waals surface area contributed by atoms with Crippen LogP contribution in [-0.4, -0.2) is 9.55 Å². The third kappa shape index (κ3) is 2.93. The van der Waals surface area contributed by atoms with E-state index in [2.05, 4.69) is 47.5 Å². The Balaban J connectivity index is 1.80. The van der Waals surface area contributed by atoms with Crippen molar-refractivity contribution in [1.82, 2.24) is 9.55 Å². The zero-order valence-corrected chi connectivity index (χ0v) is 19.5. The predicted molar refractivity (Wildman–Crippen MR) is 147 cm³/mol. The lowest BCUT2D eigenvalue weighted by Crippen LogP contribution is -2.02. The quantitative estimate of drug-likeness (QED) is 0.263. The summed E-state index contributed by atoms with van der Waals surface area (Å²) in [7, 11) is 0. The molecule has 1 aliphatic rings. The minimum absolute atomic E-state index is 0.677. The van der Waals surface area contributed by atoms with Gasteiger partial charge < -0.3 is 19.0 Å². The highest BCUT2D eigenvalue weighted by molar-refractivity contribution is 6.23. The zero-order valence-electron chi connectivity index (χ0n) is 19.5. The van der Waals surface area contributed by atoms with Crippen LogP contribution in [-0.2, 0) is 0 Å². The van der Waals surface area contributed by atoms with Gasteiger partial charge in [-0.25, -0.2) is 0 Å². The number of hydrogen-bond donors (Lipinski definition) is 1. The largest absolute Gasteiger partial charge is 0.449 e. The van der Waals surface area contributed by atoms with Crippen LogP contribution in [0, 0.1) is 0 Å². The molecule has 6 rings (SSSR count). The van der Waals surface area contributed by atoms with E-state index in [1.54, 1.807) is 0 Å². The topological polar surface area (TPSA) is 39.2 Å². The van der Waals surface area contributed by atoms with Gasteiger partial charge in [-0.05, 0) is 55.5 Å². The van der Waals surface area contributed by atoms with E-state index in [9.17, 15) is 0 Å². The Kier molecular flexibility index (Phi) is 4.75. The number of rotatable bonds is 5. The fraction of sp³-hybridized carbons (Fsp3) is 0.0323. The third-order valence-corrected chi connectivity index (χ3v) is 6.47. The first kappa shape index (κ1) is 20.9. The van der Waals surface area contributed by atoms with E-state index < -0.39 is 0 Å². The van der Waals surface area contributed by atoms with Crippen LogP contribution < -0.4 is 9.47 Å². The Morgan fingerprint density at radius 3 is 2.37 bits per heavy atom. The molecule has 0 amide bonds. The van der Waals surface area contributed by atoms with Gasteiger partial charge in [0.25, 0.3) is 0 Å². The van der Waals surface area contributed by atoms with Crippen molar-refractivity contribution in [3.8, 4) is 23.0 Å². The van der Waals surface area contributed by atoms with Gasteiger partial charge in [0.15, 0.2) is 23.0 Å². The van der Waals surface area contributed by atoms with E-state index in [1.165, 1.54) is 0 Å². The van der Waals surface area contributed by atoms with Crippen LogP contribution in [0.4, 0.5) is 0 Å². The van der Waals surface area contributed by atoms with Crippen molar-refractivity contribution in [2.75, 3.05) is 0 Å². The normalized spacial score (nSPS) is 13.0. The molecular formula is C31H24N2O2. The second kappa shape index (κ2) is 7.96. The molecule has 170 valence electrons. The van der Waals surface area contributed by atoms with E-state index in [1.807, 2.05) is 73.7 Å². The highest BCUT2D eigenvalue weighted by Gasteiger charge is 2.27. The maximum atomic E-state index is 6.48. The van der Waals surface area contributed by atoms with Gasteiger partial charge >= 0.3 is 0 Å². The predicted octanol–water partition coefficient (Wildman–Crippen LogP) is 9.06. The van der Waals surface area contributed by atoms with Crippen LogP contribution in [0.2, 0.25) is 0 Å². The number of aromatic amines is 1. The lowest BCUT2D eigenvalue weighted by Gasteiger charge is -2.22. The summed E-state index contributed by atoms with van der Waals surface area (Å²) in [6.07, 6.45) is 11.6. The number of allylic oxidation sites excluding steroid dienone is 5. The molecule has 3 aromatic carbocycles. The molecule has 1 aliphatic heterocycles. The van der Waals surface area contributed by atoms with Gasteiger partial charge in [-0.3, -0.25) is 0 Å². The van der Waals surface area contributed by atoms with Gasteiger partial charge in [0.05, 0.1) is 11.0 Å². The van der Waals surface area contributed by atoms with Gasteiger partial charge in [0, 0.05) is 33.1 Å². The summed E-state index contributed by atoms with van der Waals surface area (Å²) in [5, 5.41) is 3.24. The molecule has 0 fully saturated rings. The summed E-state index contributed by atoms with van der Waals surface area (Å²) in [6, 6.07) is 16.1. The summed E-state index contributed by atoms with van der Waals surface area (Å²) >= 11 is 0. The second-order valence-electron chi connectivity index (χ2n) is 8.34. The number of nitrogens with zero attached hydrogens (tertiary/aromatic N) is 1. The lowest BCUT2D eigenvalue weighted by atomic mass is 10.1. The van der Waals surface area contributed by atoms with Crippen molar-refractivity contribution < 1.29 is 9.47 Å². The number of fused-ring (bicyclic) bond motifs is 8. The number of para-hydroxylation sites is 2. The molecule has 0 saturated heterocycles. The molecule has 4 nitrogen and oxygen atoms in total. The van der Waals surface area contributed by atoms with Gasteiger partial charge in [-0.15, -0.1) is 0 Å². The molecule has 0 bridgehead atoms. The minimum Gasteiger partial charge on any atom is -0.449 e. The van der Waals surface area contributed by atoms with Crippen LogP contribution in [0.5, 0.6) is 23.0 Å². The molecule has 4 heteroatoms. The zero-order chi connectivity index (χ0) is 24.1. The fourth-order valence-electron chi connectivity index (χ4n) is 4.95. The SMILES string of the molecule is C=C/C(=C\C=C/C)n1c2ccc3c(C=C)c(C=C)[nH]c3c2c2ccc3c(c21)Oc1ccccc1O3. The molecule has 0 atom stereocenters. The molecule has 2 aromatic heterocycles. The Hall–Kier alpha value is -4.70. The molecule has 0 radical (unpaired) electrons. The average Bonchev–Trinajstić information content (AvgIpc) is 3.43. The molecule has 0 spiro atoms. The van der Waals surface area contributed by atoms with E-state index >= 15 is 0 Å². The van der Waals surface area contributed by atoms with Gasteiger partial charge in [0.2, 0.25) is 0 Å². The lowest BCUT2D eigenvalue weighted by molar-refractivity contribution is 0.362. The summed E-state index contributed by atoms with van der Waals surface area (Å²) in [4.78, 5) is 3.58. The van der Waals surface area contributed by atoms with E-state index in [0.717, 1.165) is 49.7 Å². The standard InChI is InChI=1S/C31H24N2O2/c1-5-9-12-19(6-2)33-24-17-15-21-20(7-3)23(8-4)32-29(21)28(24)22-16-18-27-31(30(22)33)35-26-14-11-10-13-25(26)34-27/h5-18,32H,2-4H2,1H3/b9-5-,19-12+. The number of ether oxygens (including phenoxy) is 2. The number of aromatic nitrogens is 2. The van der Waals surface area contributed by atoms with Crippen LogP contribution in [0.3, 0.4) is 0 Å². The van der Waals surface area contributed by atoms with Crippen LogP contribution in [0.25, 0.3) is 50.6 Å². The smallest absolute Gasteiger partial charge is 0.194 e. The van der Waals surface area contributed by atoms with Gasteiger partial charge in [-0.2, -0.15) is 0 Å². The molecule has 5 aromatic rings. The molecule has 0 unspecified atom stereocenters. The monoisotopic (exact) mass is 456 g/mol. The van der Waals surface area contributed by atoms with E-state index in [-0.39, 0.29) is 0 Å². The van der Waals surface area contributed by atoms with Crippen LogP contribution in [0.15, 0.2) is 92.6 Å². The Morgan fingerprint density at radius 1 is 0.886 bits per heavy atom.